The summed E-state index contributed by atoms with van der Waals surface area (Å²) in [5.41, 5.74) is 5.00. The molecule has 0 amide bonds. The van der Waals surface area contributed by atoms with Crippen molar-refractivity contribution in [3.8, 4) is 17.6 Å². The Labute approximate surface area is 97.0 Å². The lowest BCUT2D eigenvalue weighted by Gasteiger charge is -2.17. The highest BCUT2D eigenvalue weighted by Gasteiger charge is 2.13. The predicted octanol–water partition coefficient (Wildman–Crippen LogP) is 1.92. The fourth-order valence-electron chi connectivity index (χ4n) is 1.59. The zero-order valence-electron chi connectivity index (χ0n) is 10.0. The first kappa shape index (κ1) is 12.6. The predicted molar refractivity (Wildman–Crippen MR) is 65.9 cm³/mol. The van der Waals surface area contributed by atoms with Crippen molar-refractivity contribution in [2.75, 3.05) is 7.11 Å². The molecule has 0 bridgehead atoms. The normalized spacial score (nSPS) is 11.5. The molecule has 16 heavy (non-hydrogen) atoms. The van der Waals surface area contributed by atoms with Crippen LogP contribution in [-0.2, 0) is 0 Å². The Kier molecular flexibility index (Phi) is 4.84. The van der Waals surface area contributed by atoms with Crippen molar-refractivity contribution in [2.45, 2.75) is 26.3 Å². The van der Waals surface area contributed by atoms with Gasteiger partial charge in [0.15, 0.2) is 0 Å². The molecular weight excluding hydrogens is 200 g/mol. The molecule has 0 saturated heterocycles. The summed E-state index contributed by atoms with van der Waals surface area (Å²) in [7, 11) is 1.66. The maximum Gasteiger partial charge on any atom is 0.123 e. The standard InChI is InChI=1S/C13H18N2O/c1-4-5-6-12(15-14)11-9-10(2)7-8-13(11)16-3/h7-9,12,15H,6,14H2,1-3H3. The highest BCUT2D eigenvalue weighted by molar-refractivity contribution is 5.39. The molecule has 1 rings (SSSR count). The molecule has 0 fully saturated rings. The van der Waals surface area contributed by atoms with Crippen molar-refractivity contribution < 1.29 is 4.74 Å². The molecule has 0 spiro atoms. The van der Waals surface area contributed by atoms with Gasteiger partial charge < -0.3 is 4.74 Å². The first-order chi connectivity index (χ1) is 7.72. The van der Waals surface area contributed by atoms with E-state index in [2.05, 4.69) is 23.3 Å². The Hall–Kier alpha value is -1.50. The quantitative estimate of drug-likeness (QED) is 0.461. The molecule has 1 atom stereocenters. The lowest BCUT2D eigenvalue weighted by Crippen LogP contribution is -2.28. The van der Waals surface area contributed by atoms with Crippen LogP contribution >= 0.6 is 0 Å². The Morgan fingerprint density at radius 2 is 2.25 bits per heavy atom. The van der Waals surface area contributed by atoms with E-state index in [1.807, 2.05) is 26.0 Å². The van der Waals surface area contributed by atoms with Crippen LogP contribution in [-0.4, -0.2) is 7.11 Å². The Bertz CT molecular complexity index is 404. The summed E-state index contributed by atoms with van der Waals surface area (Å²) in [5, 5.41) is 0. The van der Waals surface area contributed by atoms with Crippen molar-refractivity contribution in [2.24, 2.45) is 5.84 Å². The molecule has 0 radical (unpaired) electrons. The summed E-state index contributed by atoms with van der Waals surface area (Å²) in [6.45, 7) is 3.86. The second kappa shape index (κ2) is 6.16. The number of hydrogen-bond donors (Lipinski definition) is 2. The number of hydrazine groups is 1. The van der Waals surface area contributed by atoms with Crippen LogP contribution in [0.15, 0.2) is 18.2 Å². The summed E-state index contributed by atoms with van der Waals surface area (Å²) in [6, 6.07) is 6.04. The highest BCUT2D eigenvalue weighted by atomic mass is 16.5. The Morgan fingerprint density at radius 1 is 1.50 bits per heavy atom. The molecule has 0 aliphatic rings. The van der Waals surface area contributed by atoms with Crippen LogP contribution in [0, 0.1) is 18.8 Å². The third-order valence-corrected chi connectivity index (χ3v) is 2.44. The SMILES string of the molecule is CC#CCC(NN)c1cc(C)ccc1OC. The molecule has 0 aliphatic heterocycles. The van der Waals surface area contributed by atoms with Gasteiger partial charge in [-0.05, 0) is 19.9 Å². The lowest BCUT2D eigenvalue weighted by molar-refractivity contribution is 0.400. The molecule has 1 unspecified atom stereocenters. The third kappa shape index (κ3) is 2.99. The number of hydrogen-bond acceptors (Lipinski definition) is 3. The summed E-state index contributed by atoms with van der Waals surface area (Å²) in [4.78, 5) is 0. The smallest absolute Gasteiger partial charge is 0.123 e. The molecule has 0 aliphatic carbocycles. The van der Waals surface area contributed by atoms with Crippen LogP contribution < -0.4 is 16.0 Å². The fourth-order valence-corrected chi connectivity index (χ4v) is 1.59. The molecule has 0 aromatic heterocycles. The minimum absolute atomic E-state index is 0.00213. The van der Waals surface area contributed by atoms with Gasteiger partial charge >= 0.3 is 0 Å². The van der Waals surface area contributed by atoms with Gasteiger partial charge in [-0.1, -0.05) is 17.7 Å². The molecule has 0 heterocycles. The number of methoxy groups -OCH3 is 1. The van der Waals surface area contributed by atoms with E-state index >= 15 is 0 Å². The molecule has 1 aromatic carbocycles. The van der Waals surface area contributed by atoms with Gasteiger partial charge in [0.1, 0.15) is 5.75 Å². The van der Waals surface area contributed by atoms with Crippen LogP contribution in [0.1, 0.15) is 30.5 Å². The Morgan fingerprint density at radius 3 is 2.81 bits per heavy atom. The van der Waals surface area contributed by atoms with Crippen molar-refractivity contribution in [3.05, 3.63) is 29.3 Å². The number of nitrogens with one attached hydrogen (secondary N) is 1. The van der Waals surface area contributed by atoms with Crippen LogP contribution in [0.5, 0.6) is 5.75 Å². The van der Waals surface area contributed by atoms with Crippen LogP contribution in [0.3, 0.4) is 0 Å². The second-order valence-electron chi connectivity index (χ2n) is 3.60. The molecule has 1 aromatic rings. The fraction of sp³-hybridized carbons (Fsp3) is 0.385. The van der Waals surface area contributed by atoms with E-state index in [1.54, 1.807) is 7.11 Å². The third-order valence-electron chi connectivity index (χ3n) is 2.44. The van der Waals surface area contributed by atoms with Gasteiger partial charge in [-0.15, -0.1) is 11.8 Å². The largest absolute Gasteiger partial charge is 0.496 e. The summed E-state index contributed by atoms with van der Waals surface area (Å²) >= 11 is 0. The first-order valence-corrected chi connectivity index (χ1v) is 5.23. The topological polar surface area (TPSA) is 47.3 Å². The number of aryl methyl sites for hydroxylation is 1. The monoisotopic (exact) mass is 218 g/mol. The molecule has 3 N–H and O–H groups in total. The van der Waals surface area contributed by atoms with E-state index in [-0.39, 0.29) is 6.04 Å². The molecule has 0 saturated carbocycles. The van der Waals surface area contributed by atoms with E-state index in [4.69, 9.17) is 10.6 Å². The highest BCUT2D eigenvalue weighted by Crippen LogP contribution is 2.27. The van der Waals surface area contributed by atoms with E-state index in [9.17, 15) is 0 Å². The minimum atomic E-state index is 0.00213. The summed E-state index contributed by atoms with van der Waals surface area (Å²) in [5.74, 6) is 12.3. The van der Waals surface area contributed by atoms with Crippen molar-refractivity contribution in [1.29, 1.82) is 0 Å². The number of ether oxygens (including phenoxy) is 1. The van der Waals surface area contributed by atoms with Gasteiger partial charge in [0.05, 0.1) is 13.2 Å². The summed E-state index contributed by atoms with van der Waals surface area (Å²) in [6.07, 6.45) is 0.673. The maximum atomic E-state index is 5.55. The van der Waals surface area contributed by atoms with Gasteiger partial charge in [-0.25, -0.2) is 0 Å². The average molecular weight is 218 g/mol. The second-order valence-corrected chi connectivity index (χ2v) is 3.60. The molecular formula is C13H18N2O. The molecule has 3 heteroatoms. The van der Waals surface area contributed by atoms with E-state index < -0.39 is 0 Å². The van der Waals surface area contributed by atoms with Crippen LogP contribution in [0.2, 0.25) is 0 Å². The summed E-state index contributed by atoms with van der Waals surface area (Å²) < 4.78 is 5.32. The van der Waals surface area contributed by atoms with Crippen LogP contribution in [0.25, 0.3) is 0 Å². The zero-order chi connectivity index (χ0) is 12.0. The average Bonchev–Trinajstić information content (AvgIpc) is 2.30. The van der Waals surface area contributed by atoms with Crippen LogP contribution in [0.4, 0.5) is 0 Å². The van der Waals surface area contributed by atoms with Crippen molar-refractivity contribution in [1.82, 2.24) is 5.43 Å². The van der Waals surface area contributed by atoms with Gasteiger partial charge in [0, 0.05) is 12.0 Å². The van der Waals surface area contributed by atoms with Gasteiger partial charge in [-0.2, -0.15) is 0 Å². The number of benzene rings is 1. The minimum Gasteiger partial charge on any atom is -0.496 e. The molecule has 86 valence electrons. The van der Waals surface area contributed by atoms with Crippen molar-refractivity contribution >= 4 is 0 Å². The lowest BCUT2D eigenvalue weighted by atomic mass is 10.0. The van der Waals surface area contributed by atoms with Gasteiger partial charge in [0.25, 0.3) is 0 Å². The molecule has 3 nitrogen and oxygen atoms in total. The van der Waals surface area contributed by atoms with E-state index in [1.165, 1.54) is 5.56 Å². The van der Waals surface area contributed by atoms with E-state index in [0.29, 0.717) is 6.42 Å². The van der Waals surface area contributed by atoms with Gasteiger partial charge in [-0.3, -0.25) is 11.3 Å². The maximum absolute atomic E-state index is 5.55. The van der Waals surface area contributed by atoms with E-state index in [0.717, 1.165) is 11.3 Å². The number of rotatable bonds is 4. The van der Waals surface area contributed by atoms with Gasteiger partial charge in [0.2, 0.25) is 0 Å². The van der Waals surface area contributed by atoms with Crippen molar-refractivity contribution in [3.63, 3.8) is 0 Å². The Balaban J connectivity index is 3.04. The first-order valence-electron chi connectivity index (χ1n) is 5.23. The zero-order valence-corrected chi connectivity index (χ0v) is 10.0. The number of nitrogens with two attached hydrogens (primary N) is 1.